The number of non-ortho nitro benzene ring substituents is 1. The first kappa shape index (κ1) is 19.2. The molecule has 2 aromatic rings. The monoisotopic (exact) mass is 473 g/mol. The molecule has 132 valence electrons. The van der Waals surface area contributed by atoms with Gasteiger partial charge in [0.2, 0.25) is 0 Å². The second-order valence-corrected chi connectivity index (χ2v) is 6.63. The van der Waals surface area contributed by atoms with Gasteiger partial charge in [0.15, 0.2) is 11.9 Å². The number of carboxylic acid groups (broad SMARTS) is 1. The first-order valence-corrected chi connectivity index (χ1v) is 8.71. The molecule has 0 fully saturated rings. The lowest BCUT2D eigenvalue weighted by molar-refractivity contribution is -0.384. The molecule has 0 aliphatic heterocycles. The van der Waals surface area contributed by atoms with Crippen molar-refractivity contribution < 1.29 is 24.3 Å². The lowest BCUT2D eigenvalue weighted by Gasteiger charge is -2.16. The Hall–Kier alpha value is -2.13. The number of aliphatic carboxylic acids is 1. The lowest BCUT2D eigenvalue weighted by atomic mass is 10.2. The van der Waals surface area contributed by atoms with Crippen molar-refractivity contribution in [2.24, 2.45) is 0 Å². The highest BCUT2D eigenvalue weighted by atomic mass is 79.9. The zero-order valence-corrected chi connectivity index (χ0v) is 16.1. The minimum absolute atomic E-state index is 0.0338. The number of benzene rings is 2. The molecule has 0 radical (unpaired) electrons. The summed E-state index contributed by atoms with van der Waals surface area (Å²) in [4.78, 5) is 21.2. The molecule has 0 saturated heterocycles. The van der Waals surface area contributed by atoms with E-state index in [0.717, 1.165) is 0 Å². The van der Waals surface area contributed by atoms with Gasteiger partial charge in [0, 0.05) is 12.1 Å². The summed E-state index contributed by atoms with van der Waals surface area (Å²) < 4.78 is 12.2. The van der Waals surface area contributed by atoms with Gasteiger partial charge >= 0.3 is 5.97 Å². The van der Waals surface area contributed by atoms with Gasteiger partial charge in [-0.2, -0.15) is 0 Å². The summed E-state index contributed by atoms with van der Waals surface area (Å²) >= 11 is 6.70. The number of hydrogen-bond donors (Lipinski definition) is 1. The fraction of sp³-hybridized carbons (Fsp3) is 0.188. The SMILES string of the molecule is CCC(Oc1cc(Br)c(Oc2ccc([N+](=O)[O-])cc2)c(Br)c1)C(=O)O. The third-order valence-corrected chi connectivity index (χ3v) is 4.34. The molecule has 7 nitrogen and oxygen atoms in total. The average Bonchev–Trinajstić information content (AvgIpc) is 2.56. The smallest absolute Gasteiger partial charge is 0.344 e. The fourth-order valence-corrected chi connectivity index (χ4v) is 3.23. The molecular formula is C16H13Br2NO6. The van der Waals surface area contributed by atoms with Crippen LogP contribution in [-0.2, 0) is 4.79 Å². The summed E-state index contributed by atoms with van der Waals surface area (Å²) in [5.74, 6) is 0.173. The van der Waals surface area contributed by atoms with Crippen molar-refractivity contribution in [2.75, 3.05) is 0 Å². The summed E-state index contributed by atoms with van der Waals surface area (Å²) in [5.41, 5.74) is -0.0338. The molecule has 9 heteroatoms. The van der Waals surface area contributed by atoms with Crippen molar-refractivity contribution in [3.8, 4) is 17.2 Å². The zero-order valence-electron chi connectivity index (χ0n) is 12.9. The van der Waals surface area contributed by atoms with Crippen LogP contribution in [0.2, 0.25) is 0 Å². The Balaban J connectivity index is 2.22. The molecule has 1 atom stereocenters. The molecule has 2 aromatic carbocycles. The average molecular weight is 475 g/mol. The molecule has 0 heterocycles. The Morgan fingerprint density at radius 3 is 2.20 bits per heavy atom. The van der Waals surface area contributed by atoms with Gasteiger partial charge in [-0.25, -0.2) is 4.79 Å². The van der Waals surface area contributed by atoms with E-state index >= 15 is 0 Å². The van der Waals surface area contributed by atoms with E-state index in [1.54, 1.807) is 19.1 Å². The van der Waals surface area contributed by atoms with Crippen LogP contribution in [0.25, 0.3) is 0 Å². The minimum atomic E-state index is -1.04. The summed E-state index contributed by atoms with van der Waals surface area (Å²) in [6.07, 6.45) is -0.619. The van der Waals surface area contributed by atoms with E-state index in [0.29, 0.717) is 32.6 Å². The minimum Gasteiger partial charge on any atom is -0.479 e. The molecule has 2 rings (SSSR count). The van der Waals surface area contributed by atoms with E-state index in [1.807, 2.05) is 0 Å². The number of halogens is 2. The Labute approximate surface area is 160 Å². The van der Waals surface area contributed by atoms with Crippen molar-refractivity contribution in [1.82, 2.24) is 0 Å². The van der Waals surface area contributed by atoms with E-state index in [9.17, 15) is 14.9 Å². The van der Waals surface area contributed by atoms with Crippen LogP contribution in [-0.4, -0.2) is 22.1 Å². The number of rotatable bonds is 7. The van der Waals surface area contributed by atoms with Crippen molar-refractivity contribution in [3.63, 3.8) is 0 Å². The van der Waals surface area contributed by atoms with Crippen LogP contribution in [0.4, 0.5) is 5.69 Å². The molecule has 25 heavy (non-hydrogen) atoms. The van der Waals surface area contributed by atoms with Crippen LogP contribution in [0.3, 0.4) is 0 Å². The highest BCUT2D eigenvalue weighted by Crippen LogP contribution is 2.40. The predicted molar refractivity (Wildman–Crippen MR) is 97.4 cm³/mol. The maximum absolute atomic E-state index is 11.1. The van der Waals surface area contributed by atoms with E-state index in [1.165, 1.54) is 24.3 Å². The van der Waals surface area contributed by atoms with Gasteiger partial charge in [-0.1, -0.05) is 6.92 Å². The van der Waals surface area contributed by atoms with Crippen molar-refractivity contribution in [2.45, 2.75) is 19.4 Å². The number of nitro groups is 1. The van der Waals surface area contributed by atoms with Crippen molar-refractivity contribution in [3.05, 3.63) is 55.5 Å². The molecule has 1 unspecified atom stereocenters. The highest BCUT2D eigenvalue weighted by molar-refractivity contribution is 9.11. The van der Waals surface area contributed by atoms with Crippen LogP contribution in [0, 0.1) is 10.1 Å². The highest BCUT2D eigenvalue weighted by Gasteiger charge is 2.19. The number of carbonyl (C=O) groups is 1. The van der Waals surface area contributed by atoms with E-state index in [2.05, 4.69) is 31.9 Å². The number of hydrogen-bond acceptors (Lipinski definition) is 5. The van der Waals surface area contributed by atoms with Gasteiger partial charge in [0.25, 0.3) is 5.69 Å². The first-order valence-electron chi connectivity index (χ1n) is 7.12. The van der Waals surface area contributed by atoms with Crippen LogP contribution < -0.4 is 9.47 Å². The summed E-state index contributed by atoms with van der Waals surface area (Å²) in [5, 5.41) is 19.7. The number of nitrogens with zero attached hydrogens (tertiary/aromatic N) is 1. The van der Waals surface area contributed by atoms with Crippen molar-refractivity contribution >= 4 is 43.5 Å². The van der Waals surface area contributed by atoms with Crippen LogP contribution in [0.1, 0.15) is 13.3 Å². The van der Waals surface area contributed by atoms with E-state index < -0.39 is 17.0 Å². The van der Waals surface area contributed by atoms with E-state index in [-0.39, 0.29) is 5.69 Å². The maximum atomic E-state index is 11.1. The standard InChI is InChI=1S/C16H13Br2NO6/c1-2-14(16(20)21)24-11-7-12(17)15(13(18)8-11)25-10-5-3-9(4-6-10)19(22)23/h3-8,14H,2H2,1H3,(H,20,21). The summed E-state index contributed by atoms with van der Waals surface area (Å²) in [7, 11) is 0. The van der Waals surface area contributed by atoms with Gasteiger partial charge < -0.3 is 14.6 Å². The molecular weight excluding hydrogens is 462 g/mol. The molecule has 0 saturated carbocycles. The van der Waals surface area contributed by atoms with E-state index in [4.69, 9.17) is 14.6 Å². The third-order valence-electron chi connectivity index (χ3n) is 3.16. The lowest BCUT2D eigenvalue weighted by Crippen LogP contribution is -2.25. The Bertz CT molecular complexity index is 771. The Kier molecular flexibility index (Phi) is 6.38. The van der Waals surface area contributed by atoms with Gasteiger partial charge in [0.05, 0.1) is 13.9 Å². The predicted octanol–water partition coefficient (Wildman–Crippen LogP) is 5.15. The topological polar surface area (TPSA) is 98.9 Å². The summed E-state index contributed by atoms with van der Waals surface area (Å²) in [6.45, 7) is 1.72. The zero-order chi connectivity index (χ0) is 18.6. The largest absolute Gasteiger partial charge is 0.479 e. The number of nitro benzene ring substituents is 1. The third kappa shape index (κ3) is 4.93. The number of ether oxygens (including phenoxy) is 2. The molecule has 0 bridgehead atoms. The Morgan fingerprint density at radius 2 is 1.76 bits per heavy atom. The van der Waals surface area contributed by atoms with Crippen molar-refractivity contribution in [1.29, 1.82) is 0 Å². The maximum Gasteiger partial charge on any atom is 0.344 e. The van der Waals surface area contributed by atoms with Crippen LogP contribution in [0.15, 0.2) is 45.3 Å². The quantitative estimate of drug-likeness (QED) is 0.439. The summed E-state index contributed by atoms with van der Waals surface area (Å²) in [6, 6.07) is 8.84. The normalized spacial score (nSPS) is 11.6. The van der Waals surface area contributed by atoms with Gasteiger partial charge in [-0.3, -0.25) is 10.1 Å². The number of carboxylic acids is 1. The second-order valence-electron chi connectivity index (χ2n) is 4.92. The van der Waals surface area contributed by atoms with Gasteiger partial charge in [-0.15, -0.1) is 0 Å². The molecule has 0 aliphatic carbocycles. The fourth-order valence-electron chi connectivity index (χ4n) is 1.93. The molecule has 0 spiro atoms. The van der Waals surface area contributed by atoms with Gasteiger partial charge in [-0.05, 0) is 62.5 Å². The molecule has 0 aromatic heterocycles. The van der Waals surface area contributed by atoms with Gasteiger partial charge in [0.1, 0.15) is 11.5 Å². The van der Waals surface area contributed by atoms with Crippen LogP contribution >= 0.6 is 31.9 Å². The molecule has 0 aliphatic rings. The molecule has 0 amide bonds. The van der Waals surface area contributed by atoms with Crippen LogP contribution in [0.5, 0.6) is 17.2 Å². The second kappa shape index (κ2) is 8.30. The molecule has 1 N–H and O–H groups in total. The first-order chi connectivity index (χ1) is 11.8. The Morgan fingerprint density at radius 1 is 1.20 bits per heavy atom.